The number of carbonyl (C=O) groups is 1. The Morgan fingerprint density at radius 2 is 2.05 bits per heavy atom. The van der Waals surface area contributed by atoms with Crippen LogP contribution >= 0.6 is 15.9 Å². The van der Waals surface area contributed by atoms with Crippen LogP contribution in [0.25, 0.3) is 0 Å². The van der Waals surface area contributed by atoms with Gasteiger partial charge in [0.2, 0.25) is 5.91 Å². The molecule has 0 saturated heterocycles. The maximum absolute atomic E-state index is 13.3. The van der Waals surface area contributed by atoms with Gasteiger partial charge < -0.3 is 5.32 Å². The molecule has 1 N–H and O–H groups in total. The molecule has 0 aliphatic heterocycles. The number of benzene rings is 1. The molecular weight excluding hydrogens is 311 g/mol. The van der Waals surface area contributed by atoms with Gasteiger partial charge in [-0.2, -0.15) is 5.26 Å². The highest BCUT2D eigenvalue weighted by Gasteiger charge is 2.35. The molecule has 0 heterocycles. The number of anilines is 1. The third kappa shape index (κ3) is 3.13. The van der Waals surface area contributed by atoms with Crippen molar-refractivity contribution in [2.24, 2.45) is 5.41 Å². The Kier molecular flexibility index (Phi) is 5.07. The molecule has 3 nitrogen and oxygen atoms in total. The molecule has 1 aromatic carbocycles. The molecule has 5 heteroatoms. The van der Waals surface area contributed by atoms with Crippen LogP contribution < -0.4 is 5.32 Å². The fraction of sp³-hybridized carbons (Fsp3) is 0.429. The Hall–Kier alpha value is -1.41. The Balaban J connectivity index is 3.07. The van der Waals surface area contributed by atoms with Gasteiger partial charge in [0, 0.05) is 5.69 Å². The molecule has 0 saturated carbocycles. The predicted octanol–water partition coefficient (Wildman–Crippen LogP) is 4.17. The number of nitrogens with zero attached hydrogens (tertiary/aromatic N) is 1. The minimum Gasteiger partial charge on any atom is -0.324 e. The molecule has 0 aromatic heterocycles. The van der Waals surface area contributed by atoms with E-state index in [1.807, 2.05) is 0 Å². The van der Waals surface area contributed by atoms with Crippen LogP contribution in [0.3, 0.4) is 0 Å². The van der Waals surface area contributed by atoms with Crippen molar-refractivity contribution in [3.63, 3.8) is 0 Å². The molecule has 0 aliphatic rings. The SMILES string of the molecule is CCC(C#N)(CC)C(=O)Nc1cc(Br)c(F)cc1C. The first-order chi connectivity index (χ1) is 8.90. The summed E-state index contributed by atoms with van der Waals surface area (Å²) in [6, 6.07) is 4.93. The zero-order valence-corrected chi connectivity index (χ0v) is 12.8. The molecule has 0 radical (unpaired) electrons. The van der Waals surface area contributed by atoms with Crippen LogP contribution in [0.1, 0.15) is 32.3 Å². The number of hydrogen-bond acceptors (Lipinski definition) is 2. The number of nitriles is 1. The molecule has 102 valence electrons. The van der Waals surface area contributed by atoms with E-state index in [2.05, 4.69) is 27.3 Å². The fourth-order valence-electron chi connectivity index (χ4n) is 1.80. The predicted molar refractivity (Wildman–Crippen MR) is 76.1 cm³/mol. The van der Waals surface area contributed by atoms with Crippen molar-refractivity contribution in [1.82, 2.24) is 0 Å². The standard InChI is InChI=1S/C14H16BrFN2O/c1-4-14(5-2,8-17)13(19)18-12-7-10(15)11(16)6-9(12)3/h6-7H,4-5H2,1-3H3,(H,18,19). The number of rotatable bonds is 4. The minimum absolute atomic E-state index is 0.281. The van der Waals surface area contributed by atoms with Gasteiger partial charge in [0.05, 0.1) is 10.5 Å². The van der Waals surface area contributed by atoms with E-state index in [-0.39, 0.29) is 16.2 Å². The van der Waals surface area contributed by atoms with Gasteiger partial charge in [0.1, 0.15) is 11.2 Å². The number of nitrogens with one attached hydrogen (secondary N) is 1. The number of hydrogen-bond donors (Lipinski definition) is 1. The summed E-state index contributed by atoms with van der Waals surface area (Å²) in [5, 5.41) is 11.9. The van der Waals surface area contributed by atoms with Gasteiger partial charge in [0.15, 0.2) is 0 Å². The van der Waals surface area contributed by atoms with Crippen LogP contribution in [0.5, 0.6) is 0 Å². The zero-order chi connectivity index (χ0) is 14.6. The van der Waals surface area contributed by atoms with Crippen molar-refractivity contribution >= 4 is 27.5 Å². The van der Waals surface area contributed by atoms with Gasteiger partial charge >= 0.3 is 0 Å². The average molecular weight is 327 g/mol. The molecule has 0 fully saturated rings. The lowest BCUT2D eigenvalue weighted by Crippen LogP contribution is -2.34. The lowest BCUT2D eigenvalue weighted by atomic mass is 9.83. The Morgan fingerprint density at radius 1 is 1.47 bits per heavy atom. The van der Waals surface area contributed by atoms with E-state index in [4.69, 9.17) is 0 Å². The van der Waals surface area contributed by atoms with Crippen molar-refractivity contribution in [3.05, 3.63) is 28.0 Å². The first-order valence-corrected chi connectivity index (χ1v) is 6.87. The molecule has 0 aliphatic carbocycles. The van der Waals surface area contributed by atoms with Gasteiger partial charge in [-0.1, -0.05) is 13.8 Å². The smallest absolute Gasteiger partial charge is 0.244 e. The lowest BCUT2D eigenvalue weighted by molar-refractivity contribution is -0.123. The van der Waals surface area contributed by atoms with Crippen LogP contribution in [0.2, 0.25) is 0 Å². The van der Waals surface area contributed by atoms with Crippen molar-refractivity contribution in [1.29, 1.82) is 5.26 Å². The Bertz CT molecular complexity index is 533. The van der Waals surface area contributed by atoms with Gasteiger partial charge in [-0.15, -0.1) is 0 Å². The first kappa shape index (κ1) is 15.6. The van der Waals surface area contributed by atoms with Gasteiger partial charge in [-0.25, -0.2) is 4.39 Å². The lowest BCUT2D eigenvalue weighted by Gasteiger charge is -2.22. The van der Waals surface area contributed by atoms with Gasteiger partial charge in [0.25, 0.3) is 0 Å². The number of halogens is 2. The Morgan fingerprint density at radius 3 is 2.53 bits per heavy atom. The van der Waals surface area contributed by atoms with Crippen molar-refractivity contribution < 1.29 is 9.18 Å². The van der Waals surface area contributed by atoms with Gasteiger partial charge in [-0.3, -0.25) is 4.79 Å². The summed E-state index contributed by atoms with van der Waals surface area (Å²) in [5.41, 5.74) is 0.0979. The summed E-state index contributed by atoms with van der Waals surface area (Å²) in [6.45, 7) is 5.32. The maximum atomic E-state index is 13.3. The van der Waals surface area contributed by atoms with Crippen LogP contribution in [-0.4, -0.2) is 5.91 Å². The van der Waals surface area contributed by atoms with E-state index in [0.29, 0.717) is 24.1 Å². The second-order valence-corrected chi connectivity index (χ2v) is 5.29. The van der Waals surface area contributed by atoms with E-state index in [0.717, 1.165) is 0 Å². The summed E-state index contributed by atoms with van der Waals surface area (Å²) >= 11 is 3.08. The molecule has 1 aromatic rings. The monoisotopic (exact) mass is 326 g/mol. The normalized spacial score (nSPS) is 10.9. The van der Waals surface area contributed by atoms with Crippen LogP contribution in [-0.2, 0) is 4.79 Å². The topological polar surface area (TPSA) is 52.9 Å². The molecule has 1 rings (SSSR count). The first-order valence-electron chi connectivity index (χ1n) is 6.08. The number of amides is 1. The summed E-state index contributed by atoms with van der Waals surface area (Å²) < 4.78 is 13.6. The second kappa shape index (κ2) is 6.16. The molecule has 0 bridgehead atoms. The van der Waals surface area contributed by atoms with Crippen LogP contribution in [0, 0.1) is 29.5 Å². The third-order valence-electron chi connectivity index (χ3n) is 3.37. The molecule has 19 heavy (non-hydrogen) atoms. The summed E-state index contributed by atoms with van der Waals surface area (Å²) in [7, 11) is 0. The van der Waals surface area contributed by atoms with E-state index in [1.54, 1.807) is 20.8 Å². The molecular formula is C14H16BrFN2O. The highest BCUT2D eigenvalue weighted by atomic mass is 79.9. The third-order valence-corrected chi connectivity index (χ3v) is 3.98. The van der Waals surface area contributed by atoms with E-state index >= 15 is 0 Å². The highest BCUT2D eigenvalue weighted by molar-refractivity contribution is 9.10. The summed E-state index contributed by atoms with van der Waals surface area (Å²) in [6.07, 6.45) is 0.875. The highest BCUT2D eigenvalue weighted by Crippen LogP contribution is 2.30. The molecule has 0 unspecified atom stereocenters. The Labute approximate surface area is 120 Å². The fourth-order valence-corrected chi connectivity index (χ4v) is 2.15. The van der Waals surface area contributed by atoms with Crippen molar-refractivity contribution in [3.8, 4) is 6.07 Å². The average Bonchev–Trinajstić information content (AvgIpc) is 2.38. The van der Waals surface area contributed by atoms with Crippen LogP contribution in [0.15, 0.2) is 16.6 Å². The van der Waals surface area contributed by atoms with E-state index in [1.165, 1.54) is 12.1 Å². The van der Waals surface area contributed by atoms with Gasteiger partial charge in [-0.05, 0) is 53.4 Å². The summed E-state index contributed by atoms with van der Waals surface area (Å²) in [4.78, 5) is 12.2. The molecule has 0 spiro atoms. The zero-order valence-electron chi connectivity index (χ0n) is 11.2. The molecule has 0 atom stereocenters. The van der Waals surface area contributed by atoms with Crippen LogP contribution in [0.4, 0.5) is 10.1 Å². The maximum Gasteiger partial charge on any atom is 0.244 e. The van der Waals surface area contributed by atoms with E-state index in [9.17, 15) is 14.4 Å². The quantitative estimate of drug-likeness (QED) is 0.902. The van der Waals surface area contributed by atoms with E-state index < -0.39 is 5.41 Å². The molecule has 1 amide bonds. The minimum atomic E-state index is -1.03. The largest absolute Gasteiger partial charge is 0.324 e. The number of carbonyl (C=O) groups excluding carboxylic acids is 1. The van der Waals surface area contributed by atoms with Crippen molar-refractivity contribution in [2.45, 2.75) is 33.6 Å². The van der Waals surface area contributed by atoms with Crippen molar-refractivity contribution in [2.75, 3.05) is 5.32 Å². The number of aryl methyl sites for hydroxylation is 1. The second-order valence-electron chi connectivity index (χ2n) is 4.44. The summed E-state index contributed by atoms with van der Waals surface area (Å²) in [5.74, 6) is -0.727.